The number of fused-ring (bicyclic) bond motifs is 3. The van der Waals surface area contributed by atoms with Crippen LogP contribution in [0, 0.1) is 0 Å². The molecule has 0 fully saturated rings. The first-order chi connectivity index (χ1) is 13.4. The zero-order chi connectivity index (χ0) is 19.9. The van der Waals surface area contributed by atoms with E-state index < -0.39 is 10.0 Å². The minimum atomic E-state index is -3.70. The van der Waals surface area contributed by atoms with Crippen molar-refractivity contribution in [1.29, 1.82) is 0 Å². The molecule has 0 radical (unpaired) electrons. The Balaban J connectivity index is 1.72. The fraction of sp³-hybridized carbons (Fsp3) is 0.158. The average molecular weight is 434 g/mol. The summed E-state index contributed by atoms with van der Waals surface area (Å²) in [4.78, 5) is 8.88. The lowest BCUT2D eigenvalue weighted by Gasteiger charge is -2.28. The van der Waals surface area contributed by atoms with Gasteiger partial charge in [-0.1, -0.05) is 35.5 Å². The molecule has 0 atom stereocenters. The van der Waals surface area contributed by atoms with E-state index in [1.54, 1.807) is 25.3 Å². The highest BCUT2D eigenvalue weighted by Gasteiger charge is 2.34. The van der Waals surface area contributed by atoms with Crippen molar-refractivity contribution in [3.05, 3.63) is 59.2 Å². The summed E-state index contributed by atoms with van der Waals surface area (Å²) in [7, 11) is -0.566. The van der Waals surface area contributed by atoms with E-state index in [2.05, 4.69) is 9.97 Å². The number of thioether (sulfide) groups is 1. The van der Waals surface area contributed by atoms with Gasteiger partial charge in [-0.2, -0.15) is 0 Å². The van der Waals surface area contributed by atoms with Crippen LogP contribution in [0.25, 0.3) is 11.3 Å². The van der Waals surface area contributed by atoms with Gasteiger partial charge in [0, 0.05) is 23.4 Å². The normalized spacial score (nSPS) is 14.3. The molecule has 9 heteroatoms. The summed E-state index contributed by atoms with van der Waals surface area (Å²) < 4.78 is 32.1. The molecule has 0 spiro atoms. The van der Waals surface area contributed by atoms with Crippen molar-refractivity contribution in [3.63, 3.8) is 0 Å². The fourth-order valence-corrected chi connectivity index (χ4v) is 5.20. The number of aromatic nitrogens is 2. The Bertz CT molecular complexity index is 1170. The second-order valence-electron chi connectivity index (χ2n) is 6.14. The predicted octanol–water partition coefficient (Wildman–Crippen LogP) is 4.24. The Kier molecular flexibility index (Phi) is 4.95. The van der Waals surface area contributed by atoms with Gasteiger partial charge in [0.15, 0.2) is 5.16 Å². The van der Waals surface area contributed by atoms with Crippen LogP contribution < -0.4 is 9.04 Å². The second-order valence-corrected chi connectivity index (χ2v) is 9.46. The second kappa shape index (κ2) is 7.27. The molecule has 2 heterocycles. The highest BCUT2D eigenvalue weighted by molar-refractivity contribution is 7.98. The average Bonchev–Trinajstić information content (AvgIpc) is 2.70. The van der Waals surface area contributed by atoms with Crippen molar-refractivity contribution in [2.75, 3.05) is 18.5 Å². The Labute approximate surface area is 172 Å². The molecule has 0 N–H and O–H groups in total. The first-order valence-electron chi connectivity index (χ1n) is 8.32. The van der Waals surface area contributed by atoms with Gasteiger partial charge in [-0.15, -0.1) is 0 Å². The van der Waals surface area contributed by atoms with Gasteiger partial charge < -0.3 is 4.74 Å². The molecule has 144 valence electrons. The van der Waals surface area contributed by atoms with Crippen LogP contribution in [0.3, 0.4) is 0 Å². The zero-order valence-electron chi connectivity index (χ0n) is 15.1. The molecular weight excluding hydrogens is 418 g/mol. The molecule has 4 rings (SSSR count). The lowest BCUT2D eigenvalue weighted by Crippen LogP contribution is -2.31. The first kappa shape index (κ1) is 19.0. The van der Waals surface area contributed by atoms with Crippen LogP contribution in [0.1, 0.15) is 5.56 Å². The molecular formula is C19H16ClN3O3S2. The number of anilines is 1. The predicted molar refractivity (Wildman–Crippen MR) is 111 cm³/mol. The van der Waals surface area contributed by atoms with Crippen LogP contribution in [0.5, 0.6) is 5.75 Å². The van der Waals surface area contributed by atoms with E-state index in [4.69, 9.17) is 16.3 Å². The summed E-state index contributed by atoms with van der Waals surface area (Å²) >= 11 is 7.57. The number of benzene rings is 2. The molecule has 1 aliphatic heterocycles. The van der Waals surface area contributed by atoms with Gasteiger partial charge in [0.05, 0.1) is 24.7 Å². The lowest BCUT2D eigenvalue weighted by molar-refractivity contribution is 0.414. The molecule has 1 aromatic heterocycles. The van der Waals surface area contributed by atoms with Gasteiger partial charge in [-0.05, 0) is 35.9 Å². The maximum absolute atomic E-state index is 12.8. The number of sulfonamides is 1. The largest absolute Gasteiger partial charge is 0.497 e. The van der Waals surface area contributed by atoms with Crippen LogP contribution in [-0.2, 0) is 15.8 Å². The maximum Gasteiger partial charge on any atom is 0.267 e. The smallest absolute Gasteiger partial charge is 0.267 e. The molecule has 0 bridgehead atoms. The van der Waals surface area contributed by atoms with E-state index in [1.807, 2.05) is 24.3 Å². The van der Waals surface area contributed by atoms with Gasteiger partial charge in [-0.25, -0.2) is 18.4 Å². The van der Waals surface area contributed by atoms with Gasteiger partial charge in [0.1, 0.15) is 10.6 Å². The number of rotatable bonds is 4. The standard InChI is InChI=1S/C19H16ClN3O3S2/c1-23-16-7-6-13(20)9-15(16)18-17(28(23,24)25)10-21-19(22-18)27-11-12-4-3-5-14(8-12)26-2/h3-10H,11H2,1-2H3. The van der Waals surface area contributed by atoms with Crippen LogP contribution in [-0.4, -0.2) is 32.5 Å². The van der Waals surface area contributed by atoms with Gasteiger partial charge in [0.2, 0.25) is 0 Å². The summed E-state index contributed by atoms with van der Waals surface area (Å²) in [5.74, 6) is 1.41. The van der Waals surface area contributed by atoms with Gasteiger partial charge in [-0.3, -0.25) is 4.31 Å². The number of hydrogen-bond acceptors (Lipinski definition) is 6. The molecule has 2 aromatic carbocycles. The van der Waals surface area contributed by atoms with Crippen molar-refractivity contribution in [1.82, 2.24) is 9.97 Å². The molecule has 0 saturated carbocycles. The van der Waals surface area contributed by atoms with Crippen molar-refractivity contribution in [2.24, 2.45) is 0 Å². The van der Waals surface area contributed by atoms with Crippen molar-refractivity contribution < 1.29 is 13.2 Å². The van der Waals surface area contributed by atoms with Crippen LogP contribution in [0.2, 0.25) is 5.02 Å². The monoisotopic (exact) mass is 433 g/mol. The number of halogens is 1. The number of ether oxygens (including phenoxy) is 1. The van der Waals surface area contributed by atoms with Crippen molar-refractivity contribution in [3.8, 4) is 17.0 Å². The zero-order valence-corrected chi connectivity index (χ0v) is 17.5. The maximum atomic E-state index is 12.8. The van der Waals surface area contributed by atoms with E-state index >= 15 is 0 Å². The molecule has 0 aliphatic carbocycles. The summed E-state index contributed by atoms with van der Waals surface area (Å²) in [5, 5.41) is 1.01. The summed E-state index contributed by atoms with van der Waals surface area (Å²) in [6, 6.07) is 12.8. The highest BCUT2D eigenvalue weighted by atomic mass is 35.5. The topological polar surface area (TPSA) is 72.4 Å². The Morgan fingerprint density at radius 2 is 2.04 bits per heavy atom. The van der Waals surface area contributed by atoms with Crippen LogP contribution in [0.4, 0.5) is 5.69 Å². The van der Waals surface area contributed by atoms with Crippen molar-refractivity contribution in [2.45, 2.75) is 15.8 Å². The number of hydrogen-bond donors (Lipinski definition) is 0. The Morgan fingerprint density at radius 3 is 2.82 bits per heavy atom. The van der Waals surface area contributed by atoms with Crippen LogP contribution in [0.15, 0.2) is 58.7 Å². The summed E-state index contributed by atoms with van der Waals surface area (Å²) in [6.45, 7) is 0. The van der Waals surface area contributed by atoms with E-state index in [0.717, 1.165) is 11.3 Å². The minimum Gasteiger partial charge on any atom is -0.497 e. The Hall–Kier alpha value is -2.29. The lowest BCUT2D eigenvalue weighted by atomic mass is 10.1. The van der Waals surface area contributed by atoms with Crippen molar-refractivity contribution >= 4 is 39.1 Å². The van der Waals surface area contributed by atoms with Gasteiger partial charge in [0.25, 0.3) is 10.0 Å². The first-order valence-corrected chi connectivity index (χ1v) is 11.1. The molecule has 28 heavy (non-hydrogen) atoms. The summed E-state index contributed by atoms with van der Waals surface area (Å²) in [6.07, 6.45) is 1.37. The fourth-order valence-electron chi connectivity index (χ4n) is 2.97. The van der Waals surface area contributed by atoms with Crippen LogP contribution >= 0.6 is 23.4 Å². The highest BCUT2D eigenvalue weighted by Crippen LogP contribution is 2.42. The minimum absolute atomic E-state index is 0.0792. The molecule has 0 unspecified atom stereocenters. The third-order valence-corrected chi connectivity index (χ3v) is 7.37. The molecule has 1 aliphatic rings. The third-order valence-electron chi connectivity index (χ3n) is 4.43. The Morgan fingerprint density at radius 1 is 1.21 bits per heavy atom. The number of nitrogens with zero attached hydrogens (tertiary/aromatic N) is 3. The molecule has 0 amide bonds. The third kappa shape index (κ3) is 3.32. The van der Waals surface area contributed by atoms with E-state index in [0.29, 0.717) is 32.9 Å². The molecule has 0 saturated heterocycles. The molecule has 3 aromatic rings. The molecule has 6 nitrogen and oxygen atoms in total. The van der Waals surface area contributed by atoms with E-state index in [9.17, 15) is 8.42 Å². The van der Waals surface area contributed by atoms with E-state index in [-0.39, 0.29) is 4.90 Å². The SMILES string of the molecule is COc1cccc(CSc2ncc3c(n2)-c2cc(Cl)ccc2N(C)S3(=O)=O)c1. The quantitative estimate of drug-likeness (QED) is 0.452. The van der Waals surface area contributed by atoms with E-state index in [1.165, 1.54) is 29.3 Å². The van der Waals surface area contributed by atoms with Gasteiger partial charge >= 0.3 is 0 Å². The number of methoxy groups -OCH3 is 1. The summed E-state index contributed by atoms with van der Waals surface area (Å²) in [5.41, 5.74) is 2.64.